The largest absolute Gasteiger partial charge is 0.490 e. The van der Waals surface area contributed by atoms with Gasteiger partial charge in [0.05, 0.1) is 11.1 Å². The minimum absolute atomic E-state index is 0.0319. The molecule has 0 saturated carbocycles. The summed E-state index contributed by atoms with van der Waals surface area (Å²) in [6.07, 6.45) is 0. The first kappa shape index (κ1) is 14.5. The Labute approximate surface area is 111 Å². The second-order valence-corrected chi connectivity index (χ2v) is 5.22. The fraction of sp³-hybridized carbons (Fsp3) is 0.538. The van der Waals surface area contributed by atoms with E-state index in [-0.39, 0.29) is 6.61 Å². The first-order valence-electron chi connectivity index (χ1n) is 5.86. The molecule has 0 bridgehead atoms. The number of ether oxygens (including phenoxy) is 1. The van der Waals surface area contributed by atoms with Crippen LogP contribution in [-0.4, -0.2) is 24.9 Å². The first-order chi connectivity index (χ1) is 8.13. The number of rotatable bonds is 7. The van der Waals surface area contributed by atoms with E-state index in [1.807, 2.05) is 18.2 Å². The highest BCUT2D eigenvalue weighted by Crippen LogP contribution is 2.25. The maximum Gasteiger partial charge on any atom is 0.133 e. The van der Waals surface area contributed by atoms with Gasteiger partial charge in [-0.25, -0.2) is 0 Å². The van der Waals surface area contributed by atoms with Gasteiger partial charge in [0.2, 0.25) is 0 Å². The molecular formula is C13H20BrNO2. The molecule has 0 atom stereocenters. The van der Waals surface area contributed by atoms with Crippen LogP contribution in [0.25, 0.3) is 0 Å². The van der Waals surface area contributed by atoms with Crippen molar-refractivity contribution in [2.75, 3.05) is 19.8 Å². The van der Waals surface area contributed by atoms with E-state index in [1.165, 1.54) is 5.56 Å². The van der Waals surface area contributed by atoms with Gasteiger partial charge in [0.25, 0.3) is 0 Å². The van der Waals surface area contributed by atoms with Crippen molar-refractivity contribution in [1.82, 2.24) is 5.32 Å². The van der Waals surface area contributed by atoms with Crippen molar-refractivity contribution >= 4 is 15.9 Å². The van der Waals surface area contributed by atoms with Crippen LogP contribution in [0, 0.1) is 5.92 Å². The molecule has 0 aliphatic carbocycles. The second-order valence-electron chi connectivity index (χ2n) is 4.36. The SMILES string of the molecule is CC(C)CNCc1ccc(OCCO)c(Br)c1. The second kappa shape index (κ2) is 7.69. The standard InChI is InChI=1S/C13H20BrNO2/c1-10(2)8-15-9-11-3-4-13(12(14)7-11)17-6-5-16/h3-4,7,10,15-16H,5-6,8-9H2,1-2H3. The lowest BCUT2D eigenvalue weighted by Crippen LogP contribution is -2.18. The van der Waals surface area contributed by atoms with Crippen molar-refractivity contribution in [3.8, 4) is 5.75 Å². The zero-order valence-corrected chi connectivity index (χ0v) is 12.0. The van der Waals surface area contributed by atoms with Crippen LogP contribution >= 0.6 is 15.9 Å². The van der Waals surface area contributed by atoms with E-state index in [9.17, 15) is 0 Å². The molecule has 4 heteroatoms. The van der Waals surface area contributed by atoms with Crippen molar-refractivity contribution in [1.29, 1.82) is 0 Å². The molecule has 0 aliphatic rings. The lowest BCUT2D eigenvalue weighted by atomic mass is 10.2. The van der Waals surface area contributed by atoms with Crippen molar-refractivity contribution in [3.63, 3.8) is 0 Å². The third-order valence-corrected chi connectivity index (χ3v) is 2.85. The predicted octanol–water partition coefficient (Wildman–Crippen LogP) is 2.57. The maximum atomic E-state index is 8.69. The normalized spacial score (nSPS) is 10.9. The summed E-state index contributed by atoms with van der Waals surface area (Å²) >= 11 is 3.46. The van der Waals surface area contributed by atoms with E-state index in [2.05, 4.69) is 35.1 Å². The van der Waals surface area contributed by atoms with Crippen molar-refractivity contribution < 1.29 is 9.84 Å². The van der Waals surface area contributed by atoms with Crippen LogP contribution in [0.15, 0.2) is 22.7 Å². The van der Waals surface area contributed by atoms with Gasteiger partial charge in [-0.15, -0.1) is 0 Å². The lowest BCUT2D eigenvalue weighted by molar-refractivity contribution is 0.200. The van der Waals surface area contributed by atoms with Gasteiger partial charge in [0.15, 0.2) is 0 Å². The van der Waals surface area contributed by atoms with Crippen molar-refractivity contribution in [2.24, 2.45) is 5.92 Å². The Morgan fingerprint density at radius 3 is 2.76 bits per heavy atom. The van der Waals surface area contributed by atoms with E-state index < -0.39 is 0 Å². The number of aliphatic hydroxyl groups is 1. The van der Waals surface area contributed by atoms with Crippen molar-refractivity contribution in [3.05, 3.63) is 28.2 Å². The fourth-order valence-electron chi connectivity index (χ4n) is 1.43. The van der Waals surface area contributed by atoms with Gasteiger partial charge in [0.1, 0.15) is 12.4 Å². The summed E-state index contributed by atoms with van der Waals surface area (Å²) in [4.78, 5) is 0. The Kier molecular flexibility index (Phi) is 6.55. The number of hydrogen-bond acceptors (Lipinski definition) is 3. The Balaban J connectivity index is 2.50. The molecule has 0 fully saturated rings. The number of halogens is 1. The van der Waals surface area contributed by atoms with Crippen LogP contribution in [0.4, 0.5) is 0 Å². The zero-order valence-electron chi connectivity index (χ0n) is 10.4. The highest BCUT2D eigenvalue weighted by Gasteiger charge is 2.02. The topological polar surface area (TPSA) is 41.5 Å². The molecule has 0 aromatic heterocycles. The molecule has 0 unspecified atom stereocenters. The fourth-order valence-corrected chi connectivity index (χ4v) is 1.97. The van der Waals surface area contributed by atoms with Gasteiger partial charge in [-0.1, -0.05) is 19.9 Å². The average Bonchev–Trinajstić information content (AvgIpc) is 2.27. The summed E-state index contributed by atoms with van der Waals surface area (Å²) in [7, 11) is 0. The van der Waals surface area contributed by atoms with Gasteiger partial charge in [-0.3, -0.25) is 0 Å². The van der Waals surface area contributed by atoms with E-state index in [4.69, 9.17) is 9.84 Å². The van der Waals surface area contributed by atoms with E-state index >= 15 is 0 Å². The third-order valence-electron chi connectivity index (χ3n) is 2.23. The van der Waals surface area contributed by atoms with Crippen LogP contribution in [0.3, 0.4) is 0 Å². The Morgan fingerprint density at radius 1 is 1.41 bits per heavy atom. The predicted molar refractivity (Wildman–Crippen MR) is 73.3 cm³/mol. The van der Waals surface area contributed by atoms with E-state index in [1.54, 1.807) is 0 Å². The van der Waals surface area contributed by atoms with Crippen LogP contribution in [0.1, 0.15) is 19.4 Å². The molecule has 2 N–H and O–H groups in total. The van der Waals surface area contributed by atoms with Gasteiger partial charge in [-0.05, 0) is 46.1 Å². The monoisotopic (exact) mass is 301 g/mol. The molecule has 1 rings (SSSR count). The van der Waals surface area contributed by atoms with Gasteiger partial charge < -0.3 is 15.2 Å². The molecule has 0 spiro atoms. The summed E-state index contributed by atoms with van der Waals surface area (Å²) in [6, 6.07) is 6.00. The summed E-state index contributed by atoms with van der Waals surface area (Å²) < 4.78 is 6.29. The van der Waals surface area contributed by atoms with Crippen LogP contribution in [-0.2, 0) is 6.54 Å². The Morgan fingerprint density at radius 2 is 2.18 bits per heavy atom. The van der Waals surface area contributed by atoms with Crippen LogP contribution < -0.4 is 10.1 Å². The lowest BCUT2D eigenvalue weighted by Gasteiger charge is -2.10. The number of benzene rings is 1. The number of nitrogens with one attached hydrogen (secondary N) is 1. The van der Waals surface area contributed by atoms with E-state index in [0.29, 0.717) is 12.5 Å². The molecule has 96 valence electrons. The minimum atomic E-state index is 0.0319. The van der Waals surface area contributed by atoms with Crippen LogP contribution in [0.5, 0.6) is 5.75 Å². The summed E-state index contributed by atoms with van der Waals surface area (Å²) in [5, 5.41) is 12.1. The minimum Gasteiger partial charge on any atom is -0.490 e. The molecular weight excluding hydrogens is 282 g/mol. The molecule has 17 heavy (non-hydrogen) atoms. The highest BCUT2D eigenvalue weighted by atomic mass is 79.9. The third kappa shape index (κ3) is 5.52. The first-order valence-corrected chi connectivity index (χ1v) is 6.65. The highest BCUT2D eigenvalue weighted by molar-refractivity contribution is 9.10. The molecule has 1 aromatic rings. The number of hydrogen-bond donors (Lipinski definition) is 2. The molecule has 1 aromatic carbocycles. The van der Waals surface area contributed by atoms with Crippen molar-refractivity contribution in [2.45, 2.75) is 20.4 Å². The van der Waals surface area contributed by atoms with Gasteiger partial charge in [0, 0.05) is 6.54 Å². The molecule has 0 radical (unpaired) electrons. The smallest absolute Gasteiger partial charge is 0.133 e. The summed E-state index contributed by atoms with van der Waals surface area (Å²) in [6.45, 7) is 6.61. The summed E-state index contributed by atoms with van der Waals surface area (Å²) in [5.74, 6) is 1.43. The van der Waals surface area contributed by atoms with Crippen LogP contribution in [0.2, 0.25) is 0 Å². The molecule has 0 amide bonds. The quantitative estimate of drug-likeness (QED) is 0.813. The van der Waals surface area contributed by atoms with Gasteiger partial charge >= 0.3 is 0 Å². The molecule has 0 heterocycles. The zero-order chi connectivity index (χ0) is 12.7. The van der Waals surface area contributed by atoms with Gasteiger partial charge in [-0.2, -0.15) is 0 Å². The molecule has 0 aliphatic heterocycles. The Hall–Kier alpha value is -0.580. The molecule has 0 saturated heterocycles. The summed E-state index contributed by atoms with van der Waals surface area (Å²) in [5.41, 5.74) is 1.22. The van der Waals surface area contributed by atoms with E-state index in [0.717, 1.165) is 23.3 Å². The number of aliphatic hydroxyl groups excluding tert-OH is 1. The molecule has 3 nitrogen and oxygen atoms in total. The maximum absolute atomic E-state index is 8.69. The Bertz CT molecular complexity index is 342. The average molecular weight is 302 g/mol.